The number of anilines is 1. The van der Waals surface area contributed by atoms with E-state index < -0.39 is 10.0 Å². The summed E-state index contributed by atoms with van der Waals surface area (Å²) < 4.78 is 29.8. The van der Waals surface area contributed by atoms with E-state index >= 15 is 0 Å². The number of benzene rings is 2. The van der Waals surface area contributed by atoms with Crippen molar-refractivity contribution < 1.29 is 13.2 Å². The largest absolute Gasteiger partial charge is 0.325 e. The van der Waals surface area contributed by atoms with Crippen molar-refractivity contribution in [1.82, 2.24) is 19.1 Å². The predicted molar refractivity (Wildman–Crippen MR) is 133 cm³/mol. The van der Waals surface area contributed by atoms with E-state index in [0.717, 1.165) is 30.7 Å². The van der Waals surface area contributed by atoms with Crippen LogP contribution in [0.15, 0.2) is 58.6 Å². The lowest BCUT2D eigenvalue weighted by Crippen LogP contribution is -2.36. The minimum absolute atomic E-state index is 0.134. The molecule has 180 valence electrons. The summed E-state index contributed by atoms with van der Waals surface area (Å²) in [5.41, 5.74) is 2.26. The van der Waals surface area contributed by atoms with Crippen LogP contribution in [0, 0.1) is 13.8 Å². The van der Waals surface area contributed by atoms with Gasteiger partial charge in [0.15, 0.2) is 5.16 Å². The van der Waals surface area contributed by atoms with Crippen LogP contribution in [0.1, 0.15) is 36.2 Å². The maximum absolute atomic E-state index is 13.1. The third-order valence-corrected chi connectivity index (χ3v) is 8.83. The van der Waals surface area contributed by atoms with Crippen LogP contribution in [0.5, 0.6) is 0 Å². The minimum Gasteiger partial charge on any atom is -0.325 e. The standard InChI is InChI=1S/C24H29N5O3S2/c1-18-11-12-21(15-22(18)34(31,32)28-13-7-4-8-14-28)25-23(30)17-33-24-27-26-19(2)29(24)16-20-9-5-3-6-10-20/h3,5-6,9-12,15H,4,7-8,13-14,16-17H2,1-2H3,(H,25,30). The Balaban J connectivity index is 1.42. The summed E-state index contributed by atoms with van der Waals surface area (Å²) in [5.74, 6) is 0.676. The highest BCUT2D eigenvalue weighted by molar-refractivity contribution is 7.99. The van der Waals surface area contributed by atoms with Crippen molar-refractivity contribution in [2.75, 3.05) is 24.2 Å². The van der Waals surface area contributed by atoms with Gasteiger partial charge in [0.05, 0.1) is 17.2 Å². The molecule has 1 N–H and O–H groups in total. The van der Waals surface area contributed by atoms with E-state index in [-0.39, 0.29) is 16.6 Å². The molecule has 1 aromatic heterocycles. The predicted octanol–water partition coefficient (Wildman–Crippen LogP) is 3.85. The smallest absolute Gasteiger partial charge is 0.243 e. The topological polar surface area (TPSA) is 97.2 Å². The number of hydrogen-bond donors (Lipinski definition) is 1. The number of nitrogens with zero attached hydrogens (tertiary/aromatic N) is 4. The Morgan fingerprint density at radius 2 is 1.76 bits per heavy atom. The quantitative estimate of drug-likeness (QED) is 0.473. The average molecular weight is 500 g/mol. The highest BCUT2D eigenvalue weighted by Gasteiger charge is 2.27. The first kappa shape index (κ1) is 24.4. The van der Waals surface area contributed by atoms with Gasteiger partial charge in [-0.05, 0) is 49.9 Å². The number of aryl methyl sites for hydroxylation is 2. The average Bonchev–Trinajstić information content (AvgIpc) is 3.19. The molecular formula is C24H29N5O3S2. The third kappa shape index (κ3) is 5.68. The van der Waals surface area contributed by atoms with Gasteiger partial charge in [0.2, 0.25) is 15.9 Å². The maximum Gasteiger partial charge on any atom is 0.243 e. The fraction of sp³-hybridized carbons (Fsp3) is 0.375. The summed E-state index contributed by atoms with van der Waals surface area (Å²) in [6.45, 7) is 5.37. The number of aromatic nitrogens is 3. The van der Waals surface area contributed by atoms with E-state index in [0.29, 0.717) is 36.0 Å². The lowest BCUT2D eigenvalue weighted by molar-refractivity contribution is -0.113. The van der Waals surface area contributed by atoms with Crippen LogP contribution in [0.3, 0.4) is 0 Å². The van der Waals surface area contributed by atoms with Crippen LogP contribution in [-0.4, -0.2) is 52.2 Å². The first-order chi connectivity index (χ1) is 16.3. The second-order valence-electron chi connectivity index (χ2n) is 8.38. The summed E-state index contributed by atoms with van der Waals surface area (Å²) >= 11 is 1.30. The fourth-order valence-corrected chi connectivity index (χ4v) is 6.49. The van der Waals surface area contributed by atoms with Gasteiger partial charge in [-0.25, -0.2) is 8.42 Å². The number of hydrogen-bond acceptors (Lipinski definition) is 6. The van der Waals surface area contributed by atoms with Crippen molar-refractivity contribution in [3.8, 4) is 0 Å². The SMILES string of the molecule is Cc1ccc(NC(=O)CSc2nnc(C)n2Cc2ccccc2)cc1S(=O)(=O)N1CCCCC1. The van der Waals surface area contributed by atoms with Gasteiger partial charge in [0, 0.05) is 18.8 Å². The van der Waals surface area contributed by atoms with Crippen molar-refractivity contribution in [3.63, 3.8) is 0 Å². The first-order valence-corrected chi connectivity index (χ1v) is 13.7. The monoisotopic (exact) mass is 499 g/mol. The first-order valence-electron chi connectivity index (χ1n) is 11.3. The number of carbonyl (C=O) groups is 1. The highest BCUT2D eigenvalue weighted by Crippen LogP contribution is 2.26. The molecule has 8 nitrogen and oxygen atoms in total. The molecule has 0 saturated carbocycles. The molecule has 1 fully saturated rings. The van der Waals surface area contributed by atoms with E-state index in [1.165, 1.54) is 11.8 Å². The second kappa shape index (κ2) is 10.7. The van der Waals surface area contributed by atoms with Crippen molar-refractivity contribution in [2.45, 2.75) is 49.7 Å². The number of carbonyl (C=O) groups excluding carboxylic acids is 1. The molecule has 1 amide bonds. The third-order valence-electron chi connectivity index (χ3n) is 5.82. The number of rotatable bonds is 8. The molecular weight excluding hydrogens is 470 g/mol. The van der Waals surface area contributed by atoms with Crippen LogP contribution in [-0.2, 0) is 21.4 Å². The van der Waals surface area contributed by atoms with Crippen molar-refractivity contribution in [3.05, 3.63) is 65.5 Å². The molecule has 1 aliphatic heterocycles. The van der Waals surface area contributed by atoms with Gasteiger partial charge < -0.3 is 9.88 Å². The summed E-state index contributed by atoms with van der Waals surface area (Å²) in [6, 6.07) is 15.0. The van der Waals surface area contributed by atoms with E-state index in [2.05, 4.69) is 15.5 Å². The minimum atomic E-state index is -3.58. The number of piperidine rings is 1. The van der Waals surface area contributed by atoms with Gasteiger partial charge in [-0.3, -0.25) is 4.79 Å². The number of nitrogens with one attached hydrogen (secondary N) is 1. The number of thioether (sulfide) groups is 1. The molecule has 0 radical (unpaired) electrons. The van der Waals surface area contributed by atoms with Gasteiger partial charge in [-0.15, -0.1) is 10.2 Å². The maximum atomic E-state index is 13.1. The Bertz CT molecular complexity index is 1250. The van der Waals surface area contributed by atoms with Crippen LogP contribution in [0.4, 0.5) is 5.69 Å². The van der Waals surface area contributed by atoms with Crippen molar-refractivity contribution in [1.29, 1.82) is 0 Å². The van der Waals surface area contributed by atoms with E-state index in [4.69, 9.17) is 0 Å². The Hall–Kier alpha value is -2.69. The van der Waals surface area contributed by atoms with E-state index in [9.17, 15) is 13.2 Å². The Kier molecular flexibility index (Phi) is 7.70. The Labute approximate surface area is 204 Å². The highest BCUT2D eigenvalue weighted by atomic mass is 32.2. The second-order valence-corrected chi connectivity index (χ2v) is 11.2. The molecule has 4 rings (SSSR count). The molecule has 1 aliphatic rings. The zero-order valence-corrected chi connectivity index (χ0v) is 21.0. The van der Waals surface area contributed by atoms with Gasteiger partial charge >= 0.3 is 0 Å². The molecule has 3 aromatic rings. The van der Waals surface area contributed by atoms with Crippen LogP contribution in [0.25, 0.3) is 0 Å². The normalized spacial score (nSPS) is 14.8. The number of sulfonamides is 1. The van der Waals surface area contributed by atoms with Gasteiger partial charge in [-0.1, -0.05) is 54.6 Å². The molecule has 1 saturated heterocycles. The Morgan fingerprint density at radius 1 is 1.03 bits per heavy atom. The lowest BCUT2D eigenvalue weighted by Gasteiger charge is -2.26. The zero-order valence-electron chi connectivity index (χ0n) is 19.4. The fourth-order valence-electron chi connectivity index (χ4n) is 3.94. The van der Waals surface area contributed by atoms with Gasteiger partial charge in [-0.2, -0.15) is 4.31 Å². The summed E-state index contributed by atoms with van der Waals surface area (Å²) in [6.07, 6.45) is 2.80. The van der Waals surface area contributed by atoms with E-state index in [1.807, 2.05) is 41.8 Å². The van der Waals surface area contributed by atoms with Gasteiger partial charge in [0.25, 0.3) is 0 Å². The summed E-state index contributed by atoms with van der Waals surface area (Å²) in [5, 5.41) is 11.9. The molecule has 0 spiro atoms. The number of amides is 1. The van der Waals surface area contributed by atoms with Crippen molar-refractivity contribution in [2.24, 2.45) is 0 Å². The summed E-state index contributed by atoms with van der Waals surface area (Å²) in [7, 11) is -3.58. The molecule has 34 heavy (non-hydrogen) atoms. The molecule has 0 aliphatic carbocycles. The van der Waals surface area contributed by atoms with Gasteiger partial charge in [0.1, 0.15) is 5.82 Å². The van der Waals surface area contributed by atoms with Crippen LogP contribution in [0.2, 0.25) is 0 Å². The van der Waals surface area contributed by atoms with Crippen LogP contribution < -0.4 is 5.32 Å². The molecule has 0 bridgehead atoms. The van der Waals surface area contributed by atoms with Crippen molar-refractivity contribution >= 4 is 33.4 Å². The molecule has 10 heteroatoms. The molecule has 2 aromatic carbocycles. The zero-order chi connectivity index (χ0) is 24.1. The Morgan fingerprint density at radius 3 is 2.50 bits per heavy atom. The lowest BCUT2D eigenvalue weighted by atomic mass is 10.2. The summed E-state index contributed by atoms with van der Waals surface area (Å²) in [4.78, 5) is 12.9. The van der Waals surface area contributed by atoms with Crippen LogP contribution >= 0.6 is 11.8 Å². The molecule has 0 unspecified atom stereocenters. The molecule has 0 atom stereocenters. The molecule has 2 heterocycles. The van der Waals surface area contributed by atoms with E-state index in [1.54, 1.807) is 29.4 Å².